The highest BCUT2D eigenvalue weighted by Crippen LogP contribution is 2.32. The first-order chi connectivity index (χ1) is 14.9. The number of amides is 1. The molecule has 0 aliphatic heterocycles. The minimum Gasteiger partial charge on any atom is -0.489 e. The number of esters is 1. The maximum atomic E-state index is 12.6. The largest absolute Gasteiger partial charge is 0.489 e. The Kier molecular flexibility index (Phi) is 6.95. The average Bonchev–Trinajstić information content (AvgIpc) is 3.12. The second-order valence-electron chi connectivity index (χ2n) is 7.85. The second kappa shape index (κ2) is 9.65. The molecule has 164 valence electrons. The van der Waals surface area contributed by atoms with Gasteiger partial charge in [0.25, 0.3) is 5.91 Å². The minimum absolute atomic E-state index is 0.263. The van der Waals surface area contributed by atoms with Gasteiger partial charge >= 0.3 is 5.97 Å². The average molecular weight is 425 g/mol. The Morgan fingerprint density at radius 2 is 2.00 bits per heavy atom. The van der Waals surface area contributed by atoms with Crippen molar-refractivity contribution < 1.29 is 23.6 Å². The predicted octanol–water partition coefficient (Wildman–Crippen LogP) is 3.71. The van der Waals surface area contributed by atoms with Crippen molar-refractivity contribution in [2.75, 3.05) is 13.7 Å². The summed E-state index contributed by atoms with van der Waals surface area (Å²) < 4.78 is 16.1. The van der Waals surface area contributed by atoms with E-state index in [4.69, 9.17) is 14.0 Å². The number of carbonyl (C=O) groups excluding carboxylic acids is 2. The monoisotopic (exact) mass is 425 g/mol. The molecule has 8 nitrogen and oxygen atoms in total. The van der Waals surface area contributed by atoms with Crippen LogP contribution < -0.4 is 4.74 Å². The Bertz CT molecular complexity index is 966. The molecule has 31 heavy (non-hydrogen) atoms. The fourth-order valence-corrected chi connectivity index (χ4v) is 3.78. The maximum absolute atomic E-state index is 12.6. The van der Waals surface area contributed by atoms with Crippen LogP contribution >= 0.6 is 0 Å². The first kappa shape index (κ1) is 22.3. The van der Waals surface area contributed by atoms with Gasteiger partial charge in [-0.15, -0.1) is 0 Å². The number of nitriles is 1. The first-order valence-corrected chi connectivity index (χ1v) is 10.4. The van der Waals surface area contributed by atoms with Crippen LogP contribution in [0.25, 0.3) is 0 Å². The van der Waals surface area contributed by atoms with Crippen molar-refractivity contribution >= 4 is 11.9 Å². The number of carbonyl (C=O) groups is 2. The van der Waals surface area contributed by atoms with Gasteiger partial charge < -0.3 is 18.9 Å². The summed E-state index contributed by atoms with van der Waals surface area (Å²) in [4.78, 5) is 26.5. The van der Waals surface area contributed by atoms with Gasteiger partial charge in [-0.25, -0.2) is 4.79 Å². The molecule has 0 unspecified atom stereocenters. The van der Waals surface area contributed by atoms with E-state index in [1.807, 2.05) is 13.8 Å². The standard InChI is InChI=1S/C23H27N3O5/c1-16-20(17(2)31-25-16)13-29-19-9-7-8-18(12-19)22(28)30-14-21(27)26(3)23(15-24)10-5-4-6-11-23/h7-9,12H,4-6,10-11,13-14H2,1-3H3. The molecule has 3 rings (SSSR count). The molecule has 1 aromatic heterocycles. The van der Waals surface area contributed by atoms with E-state index < -0.39 is 18.1 Å². The van der Waals surface area contributed by atoms with Crippen molar-refractivity contribution in [1.82, 2.24) is 10.1 Å². The topological polar surface area (TPSA) is 106 Å². The summed E-state index contributed by atoms with van der Waals surface area (Å²) in [7, 11) is 1.61. The van der Waals surface area contributed by atoms with E-state index in [2.05, 4.69) is 11.2 Å². The lowest BCUT2D eigenvalue weighted by Gasteiger charge is -2.38. The van der Waals surface area contributed by atoms with Crippen LogP contribution in [0.15, 0.2) is 28.8 Å². The van der Waals surface area contributed by atoms with E-state index in [1.165, 1.54) is 4.90 Å². The third-order valence-electron chi connectivity index (χ3n) is 5.87. The molecule has 1 saturated carbocycles. The molecule has 1 fully saturated rings. The lowest BCUT2D eigenvalue weighted by atomic mass is 9.81. The third-order valence-corrected chi connectivity index (χ3v) is 5.87. The molecular weight excluding hydrogens is 398 g/mol. The lowest BCUT2D eigenvalue weighted by Crippen LogP contribution is -2.51. The van der Waals surface area contributed by atoms with Crippen LogP contribution in [0.3, 0.4) is 0 Å². The number of likely N-dealkylation sites (N-methyl/N-ethyl adjacent to an activating group) is 1. The number of hydrogen-bond acceptors (Lipinski definition) is 7. The van der Waals surface area contributed by atoms with Crippen LogP contribution in [0.5, 0.6) is 5.75 Å². The molecule has 1 aliphatic rings. The Morgan fingerprint density at radius 3 is 2.65 bits per heavy atom. The molecule has 0 saturated heterocycles. The highest BCUT2D eigenvalue weighted by atomic mass is 16.5. The van der Waals surface area contributed by atoms with E-state index in [-0.39, 0.29) is 18.1 Å². The van der Waals surface area contributed by atoms with Gasteiger partial charge in [-0.05, 0) is 44.9 Å². The van der Waals surface area contributed by atoms with Gasteiger partial charge in [0.2, 0.25) is 0 Å². The normalized spacial score (nSPS) is 15.0. The Morgan fingerprint density at radius 1 is 1.26 bits per heavy atom. The minimum atomic E-state index is -0.812. The van der Waals surface area contributed by atoms with E-state index in [0.29, 0.717) is 24.4 Å². The molecular formula is C23H27N3O5. The van der Waals surface area contributed by atoms with Crippen LogP contribution in [0.4, 0.5) is 0 Å². The van der Waals surface area contributed by atoms with Crippen molar-refractivity contribution in [1.29, 1.82) is 5.26 Å². The molecule has 0 N–H and O–H groups in total. The zero-order valence-electron chi connectivity index (χ0n) is 18.1. The van der Waals surface area contributed by atoms with E-state index in [0.717, 1.165) is 30.5 Å². The van der Waals surface area contributed by atoms with Crippen molar-refractivity contribution in [2.45, 2.75) is 58.1 Å². The summed E-state index contributed by atoms with van der Waals surface area (Å²) >= 11 is 0. The number of benzene rings is 1. The highest BCUT2D eigenvalue weighted by molar-refractivity contribution is 5.91. The number of rotatable bonds is 7. The molecule has 0 spiro atoms. The van der Waals surface area contributed by atoms with Crippen LogP contribution in [-0.2, 0) is 16.1 Å². The van der Waals surface area contributed by atoms with Crippen molar-refractivity contribution in [3.63, 3.8) is 0 Å². The fraction of sp³-hybridized carbons (Fsp3) is 0.478. The van der Waals surface area contributed by atoms with Crippen LogP contribution in [0.1, 0.15) is 59.5 Å². The summed E-state index contributed by atoms with van der Waals surface area (Å²) in [5, 5.41) is 13.5. The molecule has 0 atom stereocenters. The zero-order chi connectivity index (χ0) is 22.4. The molecule has 0 bridgehead atoms. The number of ether oxygens (including phenoxy) is 2. The van der Waals surface area contributed by atoms with E-state index >= 15 is 0 Å². The van der Waals surface area contributed by atoms with Crippen LogP contribution in [-0.4, -0.2) is 41.1 Å². The number of hydrogen-bond donors (Lipinski definition) is 0. The van der Waals surface area contributed by atoms with Crippen molar-refractivity contribution in [3.8, 4) is 11.8 Å². The molecule has 2 aromatic rings. The van der Waals surface area contributed by atoms with Crippen molar-refractivity contribution in [3.05, 3.63) is 46.8 Å². The number of aryl methyl sites for hydroxylation is 2. The Labute approximate surface area is 181 Å². The maximum Gasteiger partial charge on any atom is 0.338 e. The zero-order valence-corrected chi connectivity index (χ0v) is 18.1. The Hall–Kier alpha value is -3.34. The van der Waals surface area contributed by atoms with Gasteiger partial charge in [0.1, 0.15) is 23.7 Å². The van der Waals surface area contributed by atoms with Gasteiger partial charge in [0.05, 0.1) is 22.9 Å². The van der Waals surface area contributed by atoms with E-state index in [1.54, 1.807) is 31.3 Å². The third kappa shape index (κ3) is 5.05. The van der Waals surface area contributed by atoms with Crippen LogP contribution in [0.2, 0.25) is 0 Å². The van der Waals surface area contributed by atoms with Gasteiger partial charge in [0, 0.05) is 7.05 Å². The van der Waals surface area contributed by atoms with Crippen LogP contribution in [0, 0.1) is 25.2 Å². The van der Waals surface area contributed by atoms with Gasteiger partial charge in [-0.3, -0.25) is 4.79 Å². The summed E-state index contributed by atoms with van der Waals surface area (Å²) in [5.41, 5.74) is 1.08. The smallest absolute Gasteiger partial charge is 0.338 e. The van der Waals surface area contributed by atoms with E-state index in [9.17, 15) is 14.9 Å². The first-order valence-electron chi connectivity index (χ1n) is 10.4. The summed E-state index contributed by atoms with van der Waals surface area (Å²) in [6.07, 6.45) is 4.17. The molecule has 1 amide bonds. The number of aromatic nitrogens is 1. The Balaban J connectivity index is 1.57. The second-order valence-corrected chi connectivity index (χ2v) is 7.85. The van der Waals surface area contributed by atoms with Gasteiger partial charge in [0.15, 0.2) is 6.61 Å². The molecule has 0 radical (unpaired) electrons. The predicted molar refractivity (Wildman–Crippen MR) is 111 cm³/mol. The molecule has 1 heterocycles. The molecule has 1 aromatic carbocycles. The summed E-state index contributed by atoms with van der Waals surface area (Å²) in [5.74, 6) is 0.161. The SMILES string of the molecule is Cc1noc(C)c1COc1cccc(C(=O)OCC(=O)N(C)C2(C#N)CCCCC2)c1. The summed E-state index contributed by atoms with van der Waals surface area (Å²) in [6.45, 7) is 3.49. The fourth-order valence-electron chi connectivity index (χ4n) is 3.78. The van der Waals surface area contributed by atoms with Gasteiger partial charge in [-0.2, -0.15) is 5.26 Å². The highest BCUT2D eigenvalue weighted by Gasteiger charge is 2.39. The van der Waals surface area contributed by atoms with Crippen molar-refractivity contribution in [2.24, 2.45) is 0 Å². The molecule has 1 aliphatic carbocycles. The quantitative estimate of drug-likeness (QED) is 0.623. The number of nitrogens with zero attached hydrogens (tertiary/aromatic N) is 3. The van der Waals surface area contributed by atoms with Gasteiger partial charge in [-0.1, -0.05) is 30.5 Å². The molecule has 8 heteroatoms. The lowest BCUT2D eigenvalue weighted by molar-refractivity contribution is -0.138. The summed E-state index contributed by atoms with van der Waals surface area (Å²) in [6, 6.07) is 8.86.